The lowest BCUT2D eigenvalue weighted by Crippen LogP contribution is -2.14. The van der Waals surface area contributed by atoms with E-state index >= 15 is 0 Å². The highest BCUT2D eigenvalue weighted by Gasteiger charge is 2.05. The number of hydrogen-bond acceptors (Lipinski definition) is 4. The van der Waals surface area contributed by atoms with E-state index in [2.05, 4.69) is 9.97 Å². The molecule has 0 atom stereocenters. The molecular weight excluding hydrogens is 272 g/mol. The molecule has 3 aromatic rings. The normalized spacial score (nSPS) is 10.8. The van der Waals surface area contributed by atoms with Crippen LogP contribution in [0.1, 0.15) is 5.69 Å². The predicted octanol–water partition coefficient (Wildman–Crippen LogP) is 2.92. The number of phenolic OH excluding ortho intramolecular Hbond substituents is 1. The Morgan fingerprint density at radius 1 is 1.15 bits per heavy atom. The van der Waals surface area contributed by atoms with Gasteiger partial charge in [0.1, 0.15) is 11.4 Å². The van der Waals surface area contributed by atoms with Crippen molar-refractivity contribution >= 4 is 22.8 Å². The Kier molecular flexibility index (Phi) is 3.43. The minimum absolute atomic E-state index is 0.170. The number of aromatic amines is 1. The first-order valence-corrected chi connectivity index (χ1v) is 7.11. The first-order chi connectivity index (χ1) is 9.72. The lowest BCUT2D eigenvalue weighted by molar-refractivity contribution is 0.474. The number of benzene rings is 2. The van der Waals surface area contributed by atoms with Gasteiger partial charge in [-0.05, 0) is 30.3 Å². The van der Waals surface area contributed by atoms with Gasteiger partial charge in [0.05, 0.1) is 11.0 Å². The molecule has 0 aliphatic carbocycles. The van der Waals surface area contributed by atoms with E-state index in [0.717, 1.165) is 15.9 Å². The van der Waals surface area contributed by atoms with Crippen molar-refractivity contribution in [3.63, 3.8) is 0 Å². The van der Waals surface area contributed by atoms with Crippen LogP contribution in [0.3, 0.4) is 0 Å². The molecule has 2 N–H and O–H groups in total. The zero-order valence-corrected chi connectivity index (χ0v) is 11.4. The number of nitrogens with one attached hydrogen (secondary N) is 1. The average molecular weight is 284 g/mol. The number of para-hydroxylation sites is 2. The fourth-order valence-corrected chi connectivity index (χ4v) is 2.77. The second-order valence-corrected chi connectivity index (χ2v) is 5.36. The van der Waals surface area contributed by atoms with Gasteiger partial charge >= 0.3 is 0 Å². The molecule has 0 aliphatic rings. The van der Waals surface area contributed by atoms with E-state index in [1.54, 1.807) is 18.2 Å². The Balaban J connectivity index is 1.87. The Morgan fingerprint density at radius 3 is 2.85 bits per heavy atom. The average Bonchev–Trinajstić information content (AvgIpc) is 2.45. The third-order valence-corrected chi connectivity index (χ3v) is 3.87. The maximum absolute atomic E-state index is 11.9. The number of aromatic nitrogens is 2. The van der Waals surface area contributed by atoms with Crippen molar-refractivity contribution < 1.29 is 5.11 Å². The molecule has 5 heteroatoms. The molecule has 20 heavy (non-hydrogen) atoms. The maximum atomic E-state index is 11.9. The van der Waals surface area contributed by atoms with Crippen LogP contribution >= 0.6 is 11.8 Å². The first kappa shape index (κ1) is 12.7. The third kappa shape index (κ3) is 2.67. The van der Waals surface area contributed by atoms with Crippen LogP contribution in [0.15, 0.2) is 58.2 Å². The van der Waals surface area contributed by atoms with Gasteiger partial charge in [0.25, 0.3) is 5.56 Å². The predicted molar refractivity (Wildman–Crippen MR) is 80.0 cm³/mol. The van der Waals surface area contributed by atoms with E-state index in [-0.39, 0.29) is 11.3 Å². The summed E-state index contributed by atoms with van der Waals surface area (Å²) in [5, 5.41) is 9.41. The molecule has 0 unspecified atom stereocenters. The van der Waals surface area contributed by atoms with Crippen LogP contribution in [0, 0.1) is 0 Å². The number of phenols is 1. The number of rotatable bonds is 3. The van der Waals surface area contributed by atoms with Crippen LogP contribution < -0.4 is 5.56 Å². The van der Waals surface area contributed by atoms with Crippen molar-refractivity contribution in [1.82, 2.24) is 9.97 Å². The van der Waals surface area contributed by atoms with Gasteiger partial charge in [0, 0.05) is 10.6 Å². The van der Waals surface area contributed by atoms with Crippen LogP contribution in [0.5, 0.6) is 5.75 Å². The van der Waals surface area contributed by atoms with E-state index in [1.165, 1.54) is 11.8 Å². The molecule has 0 radical (unpaired) electrons. The highest BCUT2D eigenvalue weighted by Crippen LogP contribution is 2.24. The van der Waals surface area contributed by atoms with E-state index in [9.17, 15) is 9.90 Å². The number of aromatic hydroxyl groups is 1. The van der Waals surface area contributed by atoms with Crippen molar-refractivity contribution in [2.75, 3.05) is 0 Å². The summed E-state index contributed by atoms with van der Waals surface area (Å²) in [6, 6.07) is 14.4. The summed E-state index contributed by atoms with van der Waals surface area (Å²) >= 11 is 1.47. The first-order valence-electron chi connectivity index (χ1n) is 6.12. The lowest BCUT2D eigenvalue weighted by Gasteiger charge is -2.03. The molecule has 2 aromatic carbocycles. The summed E-state index contributed by atoms with van der Waals surface area (Å²) in [6.45, 7) is 0. The van der Waals surface area contributed by atoms with Crippen LogP contribution in [0.4, 0.5) is 0 Å². The zero-order chi connectivity index (χ0) is 13.9. The smallest absolute Gasteiger partial charge is 0.271 e. The number of H-pyrrole nitrogens is 1. The number of hydrogen-bond donors (Lipinski definition) is 2. The molecule has 0 spiro atoms. The van der Waals surface area contributed by atoms with Gasteiger partial charge in [-0.15, -0.1) is 11.8 Å². The fourth-order valence-electron chi connectivity index (χ4n) is 1.89. The van der Waals surface area contributed by atoms with Crippen LogP contribution in [-0.2, 0) is 5.75 Å². The van der Waals surface area contributed by atoms with Gasteiger partial charge in [-0.1, -0.05) is 18.2 Å². The Hall–Kier alpha value is -2.27. The van der Waals surface area contributed by atoms with E-state index in [1.807, 2.05) is 30.3 Å². The van der Waals surface area contributed by atoms with Crippen LogP contribution in [-0.4, -0.2) is 15.1 Å². The minimum Gasteiger partial charge on any atom is -0.508 e. The highest BCUT2D eigenvalue weighted by atomic mass is 32.2. The number of nitrogens with zero attached hydrogens (tertiary/aromatic N) is 1. The van der Waals surface area contributed by atoms with E-state index in [4.69, 9.17) is 0 Å². The minimum atomic E-state index is -0.170. The standard InChI is InChI=1S/C15H12N2O2S/c18-10-4-3-5-11(8-10)20-9-14-15(19)17-13-7-2-1-6-12(13)16-14/h1-8,18H,9H2,(H,17,19). The fraction of sp³-hybridized carbons (Fsp3) is 0.0667. The SMILES string of the molecule is O=c1[nH]c2ccccc2nc1CSc1cccc(O)c1. The van der Waals surface area contributed by atoms with Crippen molar-refractivity contribution in [3.05, 3.63) is 64.6 Å². The molecule has 4 nitrogen and oxygen atoms in total. The molecular formula is C15H12N2O2S. The monoisotopic (exact) mass is 284 g/mol. The maximum Gasteiger partial charge on any atom is 0.271 e. The molecule has 0 amide bonds. The van der Waals surface area contributed by atoms with Crippen molar-refractivity contribution in [2.24, 2.45) is 0 Å². The molecule has 0 aliphatic heterocycles. The third-order valence-electron chi connectivity index (χ3n) is 2.86. The molecule has 1 aromatic heterocycles. The molecule has 0 fully saturated rings. The Labute approximate surface area is 119 Å². The second kappa shape index (κ2) is 5.38. The van der Waals surface area contributed by atoms with Gasteiger partial charge in [-0.25, -0.2) is 4.98 Å². The molecule has 3 rings (SSSR count). The Morgan fingerprint density at radius 2 is 2.00 bits per heavy atom. The number of thioether (sulfide) groups is 1. The van der Waals surface area contributed by atoms with Crippen LogP contribution in [0.2, 0.25) is 0 Å². The summed E-state index contributed by atoms with van der Waals surface area (Å²) in [4.78, 5) is 20.1. The number of fused-ring (bicyclic) bond motifs is 1. The molecule has 1 heterocycles. The quantitative estimate of drug-likeness (QED) is 0.726. The molecule has 0 bridgehead atoms. The summed E-state index contributed by atoms with van der Waals surface area (Å²) in [7, 11) is 0. The van der Waals surface area contributed by atoms with Gasteiger partial charge in [0.2, 0.25) is 0 Å². The summed E-state index contributed by atoms with van der Waals surface area (Å²) in [5.74, 6) is 0.680. The topological polar surface area (TPSA) is 66.0 Å². The second-order valence-electron chi connectivity index (χ2n) is 4.32. The summed E-state index contributed by atoms with van der Waals surface area (Å²) in [5.41, 5.74) is 1.83. The zero-order valence-electron chi connectivity index (χ0n) is 10.5. The van der Waals surface area contributed by atoms with Gasteiger partial charge in [0.15, 0.2) is 0 Å². The van der Waals surface area contributed by atoms with Gasteiger partial charge in [-0.3, -0.25) is 4.79 Å². The summed E-state index contributed by atoms with van der Waals surface area (Å²) < 4.78 is 0. The Bertz CT molecular complexity index is 814. The van der Waals surface area contributed by atoms with Gasteiger partial charge in [-0.2, -0.15) is 0 Å². The van der Waals surface area contributed by atoms with Crippen molar-refractivity contribution in [3.8, 4) is 5.75 Å². The van der Waals surface area contributed by atoms with Crippen molar-refractivity contribution in [2.45, 2.75) is 10.6 Å². The molecule has 100 valence electrons. The molecule has 0 saturated carbocycles. The van der Waals surface area contributed by atoms with Gasteiger partial charge < -0.3 is 10.1 Å². The summed E-state index contributed by atoms with van der Waals surface area (Å²) in [6.07, 6.45) is 0. The largest absolute Gasteiger partial charge is 0.508 e. The molecule has 0 saturated heterocycles. The highest BCUT2D eigenvalue weighted by molar-refractivity contribution is 7.98. The van der Waals surface area contributed by atoms with Crippen LogP contribution in [0.25, 0.3) is 11.0 Å². The van der Waals surface area contributed by atoms with Crippen molar-refractivity contribution in [1.29, 1.82) is 0 Å². The van der Waals surface area contributed by atoms with E-state index < -0.39 is 0 Å². The van der Waals surface area contributed by atoms with E-state index in [0.29, 0.717) is 11.4 Å². The lowest BCUT2D eigenvalue weighted by atomic mass is 10.3.